The zero-order valence-electron chi connectivity index (χ0n) is 28.6. The molecule has 1 heterocycles. The number of aromatic nitrogens is 1. The Balaban J connectivity index is 0.00000433. The molecule has 4 N–H and O–H groups in total. The number of benzene rings is 3. The molecule has 10 nitrogen and oxygen atoms in total. The van der Waals surface area contributed by atoms with Gasteiger partial charge in [-0.05, 0) is 84.0 Å². The maximum atomic E-state index is 14.4. The van der Waals surface area contributed by atoms with E-state index in [1.165, 1.54) is 72.8 Å². The number of sulfonamides is 1. The predicted octanol–water partition coefficient (Wildman–Crippen LogP) is 2.20. The van der Waals surface area contributed by atoms with Crippen LogP contribution in [0.3, 0.4) is 0 Å². The molecule has 0 aliphatic rings. The second-order valence-corrected chi connectivity index (χ2v) is 15.6. The molecule has 0 radical (unpaired) electrons. The van der Waals surface area contributed by atoms with Crippen LogP contribution < -0.4 is 34.3 Å². The van der Waals surface area contributed by atoms with Crippen molar-refractivity contribution in [3.8, 4) is 22.4 Å². The van der Waals surface area contributed by atoms with Crippen LogP contribution in [0.15, 0.2) is 82.6 Å². The zero-order valence-corrected chi connectivity index (χ0v) is 31.2. The summed E-state index contributed by atoms with van der Waals surface area (Å²) < 4.78 is 85.1. The summed E-state index contributed by atoms with van der Waals surface area (Å²) in [5.41, 5.74) is 2.20. The van der Waals surface area contributed by atoms with Gasteiger partial charge in [0.2, 0.25) is 10.0 Å². The molecule has 4 rings (SSSR count). The molecule has 3 aromatic carbocycles. The molecule has 4 aromatic rings. The molecular weight excluding hydrogens is 690 g/mol. The Morgan fingerprint density at radius 3 is 1.88 bits per heavy atom. The number of hydrogen-bond donors (Lipinski definition) is 4. The number of carbonyl (C=O) groups is 1. The van der Waals surface area contributed by atoms with E-state index >= 15 is 0 Å². The summed E-state index contributed by atoms with van der Waals surface area (Å²) in [6, 6.07) is 16.4. The number of nitrogens with zero attached hydrogens (tertiary/aromatic N) is 1. The number of hydrogen-bond acceptors (Lipinski definition) is 7. The third-order valence-corrected chi connectivity index (χ3v) is 10.4. The number of aliphatic carboxylic acids is 1. The van der Waals surface area contributed by atoms with Gasteiger partial charge in [0.05, 0.1) is 29.2 Å². The molecule has 0 bridgehead atoms. The fraction of sp³-hybridized carbons (Fsp3) is 0.324. The number of halogens is 2. The van der Waals surface area contributed by atoms with E-state index in [1.54, 1.807) is 18.4 Å². The van der Waals surface area contributed by atoms with Gasteiger partial charge in [0, 0.05) is 30.6 Å². The Morgan fingerprint density at radius 2 is 1.39 bits per heavy atom. The topological polar surface area (TPSA) is 163 Å². The summed E-state index contributed by atoms with van der Waals surface area (Å²) in [5.74, 6) is -2.73. The Hall–Kier alpha value is -2.95. The fourth-order valence-electron chi connectivity index (χ4n) is 5.58. The third-order valence-electron chi connectivity index (χ3n) is 7.78. The van der Waals surface area contributed by atoms with Gasteiger partial charge in [-0.1, -0.05) is 38.1 Å². The largest absolute Gasteiger partial charge is 1.00 e. The number of carboxylic acid groups (broad SMARTS) is 1. The number of nitrogens with one attached hydrogen (secondary N) is 1. The number of aliphatic hydroxyl groups is 2. The average molecular weight is 729 g/mol. The molecule has 0 saturated heterocycles. The van der Waals surface area contributed by atoms with Crippen LogP contribution >= 0.6 is 0 Å². The Morgan fingerprint density at radius 1 is 0.857 bits per heavy atom. The van der Waals surface area contributed by atoms with Crippen LogP contribution in [0.5, 0.6) is 0 Å². The average Bonchev–Trinajstić information content (AvgIpc) is 3.35. The summed E-state index contributed by atoms with van der Waals surface area (Å²) in [6.45, 7) is 3.40. The van der Waals surface area contributed by atoms with Crippen molar-refractivity contribution in [3.63, 3.8) is 0 Å². The van der Waals surface area contributed by atoms with Crippen LogP contribution in [-0.4, -0.2) is 61.2 Å². The van der Waals surface area contributed by atoms with Gasteiger partial charge in [-0.2, -0.15) is 0 Å². The van der Waals surface area contributed by atoms with Crippen molar-refractivity contribution < 1.29 is 76.7 Å². The van der Waals surface area contributed by atoms with E-state index in [2.05, 4.69) is 4.72 Å². The van der Waals surface area contributed by atoms with Crippen molar-refractivity contribution in [1.82, 2.24) is 9.29 Å². The van der Waals surface area contributed by atoms with Crippen molar-refractivity contribution >= 4 is 25.8 Å². The molecule has 0 fully saturated rings. The van der Waals surface area contributed by atoms with Crippen molar-refractivity contribution in [1.29, 1.82) is 0 Å². The second kappa shape index (κ2) is 16.8. The van der Waals surface area contributed by atoms with Gasteiger partial charge >= 0.3 is 35.5 Å². The molecule has 0 amide bonds. The first-order valence-electron chi connectivity index (χ1n) is 15.1. The van der Waals surface area contributed by atoms with E-state index in [9.17, 15) is 40.6 Å². The second-order valence-electron chi connectivity index (χ2n) is 11.9. The van der Waals surface area contributed by atoms with E-state index in [0.717, 1.165) is 6.26 Å². The van der Waals surface area contributed by atoms with Gasteiger partial charge in [0.25, 0.3) is 0 Å². The van der Waals surface area contributed by atoms with Gasteiger partial charge in [-0.15, -0.1) is 0 Å². The quantitative estimate of drug-likeness (QED) is 0.136. The Bertz CT molecular complexity index is 1970. The summed E-state index contributed by atoms with van der Waals surface area (Å²) in [5, 5.41) is 29.8. The van der Waals surface area contributed by atoms with Crippen LogP contribution in [0, 0.1) is 11.6 Å². The normalized spacial score (nSPS) is 13.2. The van der Waals surface area contributed by atoms with E-state index in [1.807, 2.05) is 0 Å². The minimum absolute atomic E-state index is 0. The van der Waals surface area contributed by atoms with Crippen molar-refractivity contribution in [2.24, 2.45) is 0 Å². The molecule has 15 heteroatoms. The molecule has 0 saturated carbocycles. The third kappa shape index (κ3) is 10.3. The standard InChI is InChI=1S/C34H38F2N2O8S2.Na.H/c1-21(2)32-34(48(45,46)37-20-22-4-14-29(15-5-22)47(3,43)44)31(23-6-10-25(35)11-7-23)33(24-8-12-26(36)13-9-24)38(32)17-16-27(39)18-28(40)19-30(41)42;;/h4-15,21,27-28,37,39-40H,16-20H2,1-3H3,(H,41,42);;/q;+1;-1. The predicted molar refractivity (Wildman–Crippen MR) is 177 cm³/mol. The Kier molecular flexibility index (Phi) is 13.9. The molecule has 260 valence electrons. The zero-order chi connectivity index (χ0) is 35.4. The first-order valence-corrected chi connectivity index (χ1v) is 18.5. The smallest absolute Gasteiger partial charge is 1.00 e. The first-order chi connectivity index (χ1) is 22.5. The summed E-state index contributed by atoms with van der Waals surface area (Å²) in [4.78, 5) is 11.0. The van der Waals surface area contributed by atoms with Gasteiger partial charge in [0.15, 0.2) is 9.84 Å². The van der Waals surface area contributed by atoms with Crippen LogP contribution in [0.2, 0.25) is 0 Å². The molecule has 2 unspecified atom stereocenters. The van der Waals surface area contributed by atoms with E-state index in [4.69, 9.17) is 5.11 Å². The molecule has 1 aromatic heterocycles. The molecule has 0 aliphatic heterocycles. The van der Waals surface area contributed by atoms with E-state index in [-0.39, 0.29) is 72.3 Å². The molecule has 0 spiro atoms. The maximum Gasteiger partial charge on any atom is 1.00 e. The van der Waals surface area contributed by atoms with Crippen LogP contribution in [0.4, 0.5) is 8.78 Å². The van der Waals surface area contributed by atoms with Crippen molar-refractivity contribution in [2.75, 3.05) is 6.26 Å². The summed E-state index contributed by atoms with van der Waals surface area (Å²) in [6.07, 6.45) is -2.17. The van der Waals surface area contributed by atoms with Crippen LogP contribution in [0.25, 0.3) is 22.4 Å². The Labute approximate surface area is 308 Å². The molecule has 2 atom stereocenters. The van der Waals surface area contributed by atoms with Crippen molar-refractivity contribution in [2.45, 2.75) is 74.1 Å². The van der Waals surface area contributed by atoms with Gasteiger partial charge < -0.3 is 21.3 Å². The number of sulfone groups is 1. The minimum Gasteiger partial charge on any atom is -1.00 e. The monoisotopic (exact) mass is 728 g/mol. The van der Waals surface area contributed by atoms with E-state index < -0.39 is 62.0 Å². The van der Waals surface area contributed by atoms with Gasteiger partial charge in [-0.25, -0.2) is 30.3 Å². The minimum atomic E-state index is -4.38. The van der Waals surface area contributed by atoms with E-state index in [0.29, 0.717) is 28.1 Å². The number of aliphatic hydroxyl groups excluding tert-OH is 2. The summed E-state index contributed by atoms with van der Waals surface area (Å²) >= 11 is 0. The molecular formula is C34H39F2N2NaO8S2. The van der Waals surface area contributed by atoms with Crippen molar-refractivity contribution in [3.05, 3.63) is 95.7 Å². The number of rotatable bonds is 15. The fourth-order valence-corrected chi connectivity index (χ4v) is 7.82. The number of carboxylic acids is 1. The SMILES string of the molecule is CC(C)c1c(S(=O)(=O)NCc2ccc(S(C)(=O)=O)cc2)c(-c2ccc(F)cc2)c(-c2ccc(F)cc2)n1CCC(O)CC(O)CC(=O)O.[H-].[Na+]. The maximum absolute atomic E-state index is 14.4. The van der Waals surface area contributed by atoms with Crippen LogP contribution in [0.1, 0.15) is 51.7 Å². The van der Waals surface area contributed by atoms with Gasteiger partial charge in [0.1, 0.15) is 16.5 Å². The van der Waals surface area contributed by atoms with Gasteiger partial charge in [-0.3, -0.25) is 4.79 Å². The molecule has 0 aliphatic carbocycles. The summed E-state index contributed by atoms with van der Waals surface area (Å²) in [7, 11) is -7.84. The van der Waals surface area contributed by atoms with Crippen LogP contribution in [-0.2, 0) is 37.7 Å². The molecule has 49 heavy (non-hydrogen) atoms. The first kappa shape index (κ1) is 40.5.